The lowest BCUT2D eigenvalue weighted by atomic mass is 9.89. The van der Waals surface area contributed by atoms with E-state index in [2.05, 4.69) is 26.0 Å². The Morgan fingerprint density at radius 3 is 2.77 bits per heavy atom. The van der Waals surface area contributed by atoms with E-state index in [1.165, 1.54) is 5.57 Å². The molecule has 148 valence electrons. The van der Waals surface area contributed by atoms with Gasteiger partial charge < -0.3 is 15.3 Å². The van der Waals surface area contributed by atoms with E-state index in [-0.39, 0.29) is 24.4 Å². The van der Waals surface area contributed by atoms with Crippen molar-refractivity contribution in [2.24, 2.45) is 23.7 Å². The number of hydrogen-bond acceptors (Lipinski definition) is 3. The monoisotopic (exact) mass is 364 g/mol. The quantitative estimate of drug-likeness (QED) is 0.398. The van der Waals surface area contributed by atoms with Gasteiger partial charge in [-0.2, -0.15) is 0 Å². The number of aliphatic carboxylic acids is 1. The van der Waals surface area contributed by atoms with Gasteiger partial charge in [-0.25, -0.2) is 0 Å². The molecule has 0 aromatic rings. The van der Waals surface area contributed by atoms with Crippen molar-refractivity contribution in [3.05, 3.63) is 23.8 Å². The van der Waals surface area contributed by atoms with Gasteiger partial charge in [0.05, 0.1) is 12.2 Å². The van der Waals surface area contributed by atoms with Crippen LogP contribution in [0.15, 0.2) is 23.8 Å². The second-order valence-corrected chi connectivity index (χ2v) is 8.36. The van der Waals surface area contributed by atoms with E-state index in [1.807, 2.05) is 6.08 Å². The minimum Gasteiger partial charge on any atom is -0.481 e. The smallest absolute Gasteiger partial charge is 0.303 e. The number of unbranched alkanes of at least 4 members (excludes halogenated alkanes) is 2. The van der Waals surface area contributed by atoms with E-state index in [1.54, 1.807) is 0 Å². The minimum atomic E-state index is -0.730. The summed E-state index contributed by atoms with van der Waals surface area (Å²) in [6, 6.07) is 0. The highest BCUT2D eigenvalue weighted by Crippen LogP contribution is 2.50. The molecule has 0 heterocycles. The lowest BCUT2D eigenvalue weighted by molar-refractivity contribution is -0.137. The SMILES string of the molecule is CCCCC(C)[C@@H](O)/C=C/[C@@H]1[C@H]2C/C(=C/CCCC(=O)O)C[C@@H]2C[C@H]1O. The summed E-state index contributed by atoms with van der Waals surface area (Å²) in [7, 11) is 0. The molecule has 26 heavy (non-hydrogen) atoms. The maximum atomic E-state index is 10.6. The zero-order valence-electron chi connectivity index (χ0n) is 16.3. The van der Waals surface area contributed by atoms with Crippen LogP contribution in [0.5, 0.6) is 0 Å². The summed E-state index contributed by atoms with van der Waals surface area (Å²) >= 11 is 0. The highest BCUT2D eigenvalue weighted by molar-refractivity contribution is 5.66. The first-order valence-corrected chi connectivity index (χ1v) is 10.4. The molecule has 0 bridgehead atoms. The summed E-state index contributed by atoms with van der Waals surface area (Å²) < 4.78 is 0. The average molecular weight is 365 g/mol. The number of allylic oxidation sites excluding steroid dienone is 2. The molecule has 4 nitrogen and oxygen atoms in total. The molecule has 4 heteroatoms. The molecule has 0 radical (unpaired) electrons. The molecule has 2 fully saturated rings. The van der Waals surface area contributed by atoms with Crippen LogP contribution in [0.1, 0.15) is 71.6 Å². The van der Waals surface area contributed by atoms with E-state index in [0.29, 0.717) is 18.3 Å². The van der Waals surface area contributed by atoms with Crippen LogP contribution in [-0.2, 0) is 4.79 Å². The van der Waals surface area contributed by atoms with Crippen molar-refractivity contribution in [1.29, 1.82) is 0 Å². The maximum absolute atomic E-state index is 10.6. The van der Waals surface area contributed by atoms with E-state index in [9.17, 15) is 15.0 Å². The Hall–Kier alpha value is -1.13. The standard InChI is InChI=1S/C22H36O4/c1-3-4-7-15(2)20(23)11-10-18-19-13-16(8-5-6-9-22(25)26)12-17(19)14-21(18)24/h8,10-11,15,17-21,23-24H,3-7,9,12-14H2,1-2H3,(H,25,26)/b11-10+,16-8+/t15?,17-,18-,19+,20+,21-/m1/s1. The molecular weight excluding hydrogens is 328 g/mol. The topological polar surface area (TPSA) is 77.8 Å². The predicted molar refractivity (Wildman–Crippen MR) is 104 cm³/mol. The number of rotatable bonds is 10. The average Bonchev–Trinajstić information content (AvgIpc) is 3.10. The van der Waals surface area contributed by atoms with Gasteiger partial charge in [0.2, 0.25) is 0 Å². The molecule has 0 saturated heterocycles. The molecule has 0 aliphatic heterocycles. The van der Waals surface area contributed by atoms with E-state index >= 15 is 0 Å². The first-order valence-electron chi connectivity index (χ1n) is 10.4. The molecule has 3 N–H and O–H groups in total. The van der Waals surface area contributed by atoms with Crippen LogP contribution < -0.4 is 0 Å². The van der Waals surface area contributed by atoms with Gasteiger partial charge in [0.15, 0.2) is 0 Å². The maximum Gasteiger partial charge on any atom is 0.303 e. The Bertz CT molecular complexity index is 510. The lowest BCUT2D eigenvalue weighted by Crippen LogP contribution is -2.19. The van der Waals surface area contributed by atoms with Gasteiger partial charge in [0, 0.05) is 12.3 Å². The summed E-state index contributed by atoms with van der Waals surface area (Å²) in [5, 5.41) is 29.5. The van der Waals surface area contributed by atoms with Crippen LogP contribution >= 0.6 is 0 Å². The van der Waals surface area contributed by atoms with Crippen molar-refractivity contribution in [3.63, 3.8) is 0 Å². The van der Waals surface area contributed by atoms with Gasteiger partial charge >= 0.3 is 5.97 Å². The van der Waals surface area contributed by atoms with Gasteiger partial charge in [0.1, 0.15) is 0 Å². The number of aliphatic hydroxyl groups is 2. The van der Waals surface area contributed by atoms with E-state index in [0.717, 1.165) is 44.9 Å². The van der Waals surface area contributed by atoms with Crippen molar-refractivity contribution in [1.82, 2.24) is 0 Å². The first-order chi connectivity index (χ1) is 12.4. The number of carboxylic acids is 1. The van der Waals surface area contributed by atoms with Crippen molar-refractivity contribution >= 4 is 5.97 Å². The van der Waals surface area contributed by atoms with Crippen LogP contribution in [0, 0.1) is 23.7 Å². The van der Waals surface area contributed by atoms with Gasteiger partial charge in [0.25, 0.3) is 0 Å². The third-order valence-corrected chi connectivity index (χ3v) is 6.27. The minimum absolute atomic E-state index is 0.137. The van der Waals surface area contributed by atoms with Gasteiger partial charge in [-0.1, -0.05) is 50.5 Å². The van der Waals surface area contributed by atoms with Crippen molar-refractivity contribution in [2.45, 2.75) is 83.8 Å². The van der Waals surface area contributed by atoms with Gasteiger partial charge in [-0.3, -0.25) is 4.79 Å². The Kier molecular flexibility index (Phi) is 8.36. The molecule has 0 spiro atoms. The molecule has 2 aliphatic carbocycles. The number of hydrogen-bond donors (Lipinski definition) is 3. The molecule has 2 aliphatic rings. The molecule has 0 amide bonds. The summed E-state index contributed by atoms with van der Waals surface area (Å²) in [4.78, 5) is 10.6. The second kappa shape index (κ2) is 10.3. The van der Waals surface area contributed by atoms with Crippen LogP contribution in [0.3, 0.4) is 0 Å². The zero-order valence-corrected chi connectivity index (χ0v) is 16.3. The molecular formula is C22H36O4. The predicted octanol–water partition coefficient (Wildman–Crippen LogP) is 4.32. The van der Waals surface area contributed by atoms with E-state index in [4.69, 9.17) is 5.11 Å². The molecule has 0 aromatic carbocycles. The highest BCUT2D eigenvalue weighted by Gasteiger charge is 2.44. The second-order valence-electron chi connectivity index (χ2n) is 8.36. The summed E-state index contributed by atoms with van der Waals surface area (Å²) in [5.74, 6) is 0.656. The highest BCUT2D eigenvalue weighted by atomic mass is 16.4. The van der Waals surface area contributed by atoms with Crippen LogP contribution in [0.25, 0.3) is 0 Å². The van der Waals surface area contributed by atoms with Crippen molar-refractivity contribution in [3.8, 4) is 0 Å². The Balaban J connectivity index is 1.87. The fourth-order valence-electron chi connectivity index (χ4n) is 4.63. The molecule has 6 atom stereocenters. The van der Waals surface area contributed by atoms with Crippen LogP contribution in [-0.4, -0.2) is 33.5 Å². The van der Waals surface area contributed by atoms with Crippen molar-refractivity contribution < 1.29 is 20.1 Å². The van der Waals surface area contributed by atoms with E-state index < -0.39 is 12.1 Å². The van der Waals surface area contributed by atoms with Gasteiger partial charge in [-0.15, -0.1) is 0 Å². The van der Waals surface area contributed by atoms with Crippen LogP contribution in [0.2, 0.25) is 0 Å². The summed E-state index contributed by atoms with van der Waals surface area (Å²) in [5.41, 5.74) is 1.42. The number of carboxylic acid groups (broad SMARTS) is 1. The van der Waals surface area contributed by atoms with Crippen molar-refractivity contribution in [2.75, 3.05) is 0 Å². The van der Waals surface area contributed by atoms with Crippen LogP contribution in [0.4, 0.5) is 0 Å². The first kappa shape index (κ1) is 21.2. The summed E-state index contributed by atoms with van der Waals surface area (Å²) in [6.07, 6.45) is 13.4. The fourth-order valence-corrected chi connectivity index (χ4v) is 4.63. The Morgan fingerprint density at radius 2 is 2.08 bits per heavy atom. The normalized spacial score (nSPS) is 32.2. The number of aliphatic hydroxyl groups excluding tert-OH is 2. The van der Waals surface area contributed by atoms with Gasteiger partial charge in [-0.05, 0) is 56.3 Å². The molecule has 2 rings (SSSR count). The third kappa shape index (κ3) is 5.95. The third-order valence-electron chi connectivity index (χ3n) is 6.27. The Labute approximate surface area is 158 Å². The summed E-state index contributed by atoms with van der Waals surface area (Å²) in [6.45, 7) is 4.25. The molecule has 2 saturated carbocycles. The lowest BCUT2D eigenvalue weighted by Gasteiger charge is -2.19. The number of fused-ring (bicyclic) bond motifs is 1. The molecule has 1 unspecified atom stereocenters. The molecule has 0 aromatic heterocycles. The zero-order chi connectivity index (χ0) is 19.1. The number of carbonyl (C=O) groups is 1. The largest absolute Gasteiger partial charge is 0.481 e. The Morgan fingerprint density at radius 1 is 1.31 bits per heavy atom. The fraction of sp³-hybridized carbons (Fsp3) is 0.773.